The van der Waals surface area contributed by atoms with Crippen molar-refractivity contribution in [3.8, 4) is 0 Å². The number of carbonyl (C=O) groups is 2. The fourth-order valence-electron chi connectivity index (χ4n) is 3.04. The number of hydrogen-bond acceptors (Lipinski definition) is 3. The molecule has 0 unspecified atom stereocenters. The molecule has 4 nitrogen and oxygen atoms in total. The summed E-state index contributed by atoms with van der Waals surface area (Å²) in [7, 11) is 3.51. The molecule has 6 heteroatoms. The van der Waals surface area contributed by atoms with Gasteiger partial charge in [-0.15, -0.1) is 11.3 Å². The zero-order valence-electron chi connectivity index (χ0n) is 14.3. The van der Waals surface area contributed by atoms with E-state index in [1.807, 2.05) is 30.3 Å². The second kappa shape index (κ2) is 7.58. The SMILES string of the molecule is CN(C)C(=O)c1cc2c(s1)CC[C@H](C(=O)NCc1ccccc1Cl)C2. The number of thiophene rings is 1. The van der Waals surface area contributed by atoms with Gasteiger partial charge in [-0.05, 0) is 42.5 Å². The number of aryl methyl sites for hydroxylation is 1. The highest BCUT2D eigenvalue weighted by Crippen LogP contribution is 2.33. The number of halogens is 1. The standard InChI is InChI=1S/C19H21ClN2O2S/c1-22(2)19(24)17-10-14-9-12(7-8-16(14)25-17)18(23)21-11-13-5-3-4-6-15(13)20/h3-6,10,12H,7-9,11H2,1-2H3,(H,21,23)/t12-/m0/s1. The Morgan fingerprint density at radius 1 is 1.32 bits per heavy atom. The largest absolute Gasteiger partial charge is 0.352 e. The number of nitrogens with zero attached hydrogens (tertiary/aromatic N) is 1. The summed E-state index contributed by atoms with van der Waals surface area (Å²) in [5.41, 5.74) is 2.06. The van der Waals surface area contributed by atoms with Gasteiger partial charge in [0.05, 0.1) is 4.88 Å². The summed E-state index contributed by atoms with van der Waals surface area (Å²) in [5.74, 6) is 0.0308. The fraction of sp³-hybridized carbons (Fsp3) is 0.368. The second-order valence-electron chi connectivity index (χ2n) is 6.51. The van der Waals surface area contributed by atoms with Crippen molar-refractivity contribution in [3.05, 3.63) is 56.2 Å². The van der Waals surface area contributed by atoms with Gasteiger partial charge in [-0.25, -0.2) is 0 Å². The Labute approximate surface area is 156 Å². The molecule has 2 amide bonds. The first-order chi connectivity index (χ1) is 12.0. The van der Waals surface area contributed by atoms with E-state index in [4.69, 9.17) is 11.6 Å². The summed E-state index contributed by atoms with van der Waals surface area (Å²) in [6.45, 7) is 0.440. The molecule has 2 aromatic rings. The molecular weight excluding hydrogens is 356 g/mol. The lowest BCUT2D eigenvalue weighted by Crippen LogP contribution is -2.33. The Hall–Kier alpha value is -1.85. The minimum Gasteiger partial charge on any atom is -0.352 e. The van der Waals surface area contributed by atoms with Crippen molar-refractivity contribution in [1.82, 2.24) is 10.2 Å². The lowest BCUT2D eigenvalue weighted by molar-refractivity contribution is -0.125. The predicted molar refractivity (Wildman–Crippen MR) is 101 cm³/mol. The average molecular weight is 377 g/mol. The Morgan fingerprint density at radius 2 is 2.08 bits per heavy atom. The summed E-state index contributed by atoms with van der Waals surface area (Å²) >= 11 is 7.69. The van der Waals surface area contributed by atoms with E-state index in [9.17, 15) is 9.59 Å². The van der Waals surface area contributed by atoms with Crippen LogP contribution < -0.4 is 5.32 Å². The molecule has 1 aliphatic carbocycles. The molecular formula is C19H21ClN2O2S. The third kappa shape index (κ3) is 4.05. The molecule has 0 radical (unpaired) electrons. The summed E-state index contributed by atoms with van der Waals surface area (Å²) in [6, 6.07) is 9.48. The minimum atomic E-state index is -0.0492. The van der Waals surface area contributed by atoms with Crippen LogP contribution in [0.25, 0.3) is 0 Å². The third-order valence-corrected chi connectivity index (χ3v) is 6.08. The van der Waals surface area contributed by atoms with Crippen molar-refractivity contribution in [3.63, 3.8) is 0 Å². The van der Waals surface area contributed by atoms with Crippen LogP contribution >= 0.6 is 22.9 Å². The lowest BCUT2D eigenvalue weighted by Gasteiger charge is -2.21. The molecule has 0 saturated heterocycles. The molecule has 0 spiro atoms. The first-order valence-corrected chi connectivity index (χ1v) is 9.49. The molecule has 0 fully saturated rings. The molecule has 1 aliphatic rings. The topological polar surface area (TPSA) is 49.4 Å². The maximum absolute atomic E-state index is 12.5. The molecule has 1 heterocycles. The number of fused-ring (bicyclic) bond motifs is 1. The summed E-state index contributed by atoms with van der Waals surface area (Å²) in [5, 5.41) is 3.66. The second-order valence-corrected chi connectivity index (χ2v) is 8.05. The molecule has 0 aliphatic heterocycles. The molecule has 0 saturated carbocycles. The number of amides is 2. The highest BCUT2D eigenvalue weighted by molar-refractivity contribution is 7.14. The molecule has 25 heavy (non-hydrogen) atoms. The van der Waals surface area contributed by atoms with E-state index < -0.39 is 0 Å². The van der Waals surface area contributed by atoms with Crippen molar-refractivity contribution in [2.24, 2.45) is 5.92 Å². The normalized spacial score (nSPS) is 16.2. The molecule has 1 aromatic heterocycles. The van der Waals surface area contributed by atoms with Crippen LogP contribution in [0.15, 0.2) is 30.3 Å². The van der Waals surface area contributed by atoms with Crippen LogP contribution in [0, 0.1) is 5.92 Å². The van der Waals surface area contributed by atoms with Crippen molar-refractivity contribution < 1.29 is 9.59 Å². The number of hydrogen-bond donors (Lipinski definition) is 1. The monoisotopic (exact) mass is 376 g/mol. The zero-order valence-corrected chi connectivity index (χ0v) is 15.9. The Morgan fingerprint density at radius 3 is 2.80 bits per heavy atom. The van der Waals surface area contributed by atoms with Gasteiger partial charge >= 0.3 is 0 Å². The number of carbonyl (C=O) groups excluding carboxylic acids is 2. The first-order valence-electron chi connectivity index (χ1n) is 8.30. The Kier molecular flexibility index (Phi) is 5.45. The number of nitrogens with one attached hydrogen (secondary N) is 1. The van der Waals surface area contributed by atoms with E-state index in [1.54, 1.807) is 30.3 Å². The van der Waals surface area contributed by atoms with E-state index in [1.165, 1.54) is 4.88 Å². The van der Waals surface area contributed by atoms with E-state index in [2.05, 4.69) is 5.32 Å². The molecule has 132 valence electrons. The highest BCUT2D eigenvalue weighted by Gasteiger charge is 2.27. The van der Waals surface area contributed by atoms with E-state index >= 15 is 0 Å². The van der Waals surface area contributed by atoms with Crippen molar-refractivity contribution in [1.29, 1.82) is 0 Å². The van der Waals surface area contributed by atoms with Crippen LogP contribution in [-0.2, 0) is 24.2 Å². The van der Waals surface area contributed by atoms with Crippen LogP contribution in [-0.4, -0.2) is 30.8 Å². The van der Waals surface area contributed by atoms with Gasteiger partial charge < -0.3 is 10.2 Å². The number of benzene rings is 1. The van der Waals surface area contributed by atoms with Gasteiger partial charge in [-0.3, -0.25) is 9.59 Å². The van der Waals surface area contributed by atoms with Crippen LogP contribution in [0.3, 0.4) is 0 Å². The van der Waals surface area contributed by atoms with E-state index in [0.717, 1.165) is 28.8 Å². The van der Waals surface area contributed by atoms with Crippen LogP contribution in [0.4, 0.5) is 0 Å². The zero-order chi connectivity index (χ0) is 18.0. The predicted octanol–water partition coefficient (Wildman–Crippen LogP) is 3.52. The minimum absolute atomic E-state index is 0.0270. The van der Waals surface area contributed by atoms with Gasteiger partial charge in [0.2, 0.25) is 5.91 Å². The Balaban J connectivity index is 1.63. The van der Waals surface area contributed by atoms with Gasteiger partial charge in [0, 0.05) is 36.5 Å². The van der Waals surface area contributed by atoms with Gasteiger partial charge in [-0.2, -0.15) is 0 Å². The van der Waals surface area contributed by atoms with Crippen molar-refractivity contribution in [2.75, 3.05) is 14.1 Å². The molecule has 1 N–H and O–H groups in total. The van der Waals surface area contributed by atoms with Crippen molar-refractivity contribution in [2.45, 2.75) is 25.8 Å². The molecule has 3 rings (SSSR count). The van der Waals surface area contributed by atoms with Gasteiger partial charge in [0.1, 0.15) is 0 Å². The van der Waals surface area contributed by atoms with E-state index in [0.29, 0.717) is 18.0 Å². The molecule has 0 bridgehead atoms. The fourth-order valence-corrected chi connectivity index (χ4v) is 4.47. The van der Waals surface area contributed by atoms with Gasteiger partial charge in [0.25, 0.3) is 5.91 Å². The lowest BCUT2D eigenvalue weighted by atomic mass is 9.87. The summed E-state index contributed by atoms with van der Waals surface area (Å²) in [4.78, 5) is 28.2. The number of rotatable bonds is 4. The summed E-state index contributed by atoms with van der Waals surface area (Å²) in [6.07, 6.45) is 2.36. The maximum atomic E-state index is 12.5. The van der Waals surface area contributed by atoms with E-state index in [-0.39, 0.29) is 17.7 Å². The van der Waals surface area contributed by atoms with Crippen LogP contribution in [0.2, 0.25) is 5.02 Å². The van der Waals surface area contributed by atoms with Crippen LogP contribution in [0.5, 0.6) is 0 Å². The Bertz CT molecular complexity index is 800. The van der Waals surface area contributed by atoms with Gasteiger partial charge in [0.15, 0.2) is 0 Å². The average Bonchev–Trinajstić information content (AvgIpc) is 3.03. The maximum Gasteiger partial charge on any atom is 0.263 e. The molecule has 1 aromatic carbocycles. The summed E-state index contributed by atoms with van der Waals surface area (Å²) < 4.78 is 0. The van der Waals surface area contributed by atoms with Crippen LogP contribution in [0.1, 0.15) is 32.1 Å². The van der Waals surface area contributed by atoms with Crippen molar-refractivity contribution >= 4 is 34.8 Å². The van der Waals surface area contributed by atoms with Gasteiger partial charge in [-0.1, -0.05) is 29.8 Å². The quantitative estimate of drug-likeness (QED) is 0.887. The highest BCUT2D eigenvalue weighted by atomic mass is 35.5. The smallest absolute Gasteiger partial charge is 0.263 e. The molecule has 1 atom stereocenters. The third-order valence-electron chi connectivity index (χ3n) is 4.48. The first kappa shape index (κ1) is 18.0.